The summed E-state index contributed by atoms with van der Waals surface area (Å²) in [5.41, 5.74) is 17.9. The normalized spacial score (nSPS) is 13.2. The number of rotatable bonds is 6. The van der Waals surface area contributed by atoms with Crippen LogP contribution in [0.1, 0.15) is 52.7 Å². The van der Waals surface area contributed by atoms with E-state index in [1.54, 1.807) is 0 Å². The molecule has 0 N–H and O–H groups in total. The Balaban J connectivity index is 1.30. The maximum absolute atomic E-state index is 7.04. The molecular formula is C56H49BN4O. The summed E-state index contributed by atoms with van der Waals surface area (Å²) in [5, 5.41) is 1.18. The van der Waals surface area contributed by atoms with E-state index in [2.05, 4.69) is 243 Å². The predicted molar refractivity (Wildman–Crippen MR) is 262 cm³/mol. The molecule has 2 aliphatic rings. The molecule has 6 heteroatoms. The van der Waals surface area contributed by atoms with E-state index in [1.807, 2.05) is 6.26 Å². The van der Waals surface area contributed by atoms with E-state index >= 15 is 0 Å². The van der Waals surface area contributed by atoms with Gasteiger partial charge in [-0.05, 0) is 106 Å². The van der Waals surface area contributed by atoms with Gasteiger partial charge in [0, 0.05) is 57.0 Å². The van der Waals surface area contributed by atoms with Gasteiger partial charge in [0.05, 0.1) is 34.5 Å². The summed E-state index contributed by atoms with van der Waals surface area (Å²) in [4.78, 5) is 7.41. The molecular weight excluding hydrogens is 755 g/mol. The lowest BCUT2D eigenvalue weighted by Gasteiger charge is -2.44. The molecule has 0 aliphatic carbocycles. The zero-order valence-corrected chi connectivity index (χ0v) is 36.2. The smallest absolute Gasteiger partial charge is 0.297 e. The minimum Gasteiger partial charge on any atom is -0.476 e. The third-order valence-corrected chi connectivity index (χ3v) is 12.7. The lowest BCUT2D eigenvalue weighted by molar-refractivity contribution is 0.552. The van der Waals surface area contributed by atoms with Gasteiger partial charge in [-0.3, -0.25) is 0 Å². The first-order valence-corrected chi connectivity index (χ1v) is 21.7. The molecule has 5 nitrogen and oxygen atoms in total. The second-order valence-corrected chi connectivity index (χ2v) is 18.7. The second kappa shape index (κ2) is 14.2. The Hall–Kier alpha value is -7.18. The molecule has 0 saturated carbocycles. The fraction of sp³-hybridized carbons (Fsp3) is 0.143. The molecule has 0 atom stereocenters. The Morgan fingerprint density at radius 1 is 0.500 bits per heavy atom. The molecule has 7 aromatic carbocycles. The van der Waals surface area contributed by atoms with Gasteiger partial charge in [0.15, 0.2) is 0 Å². The van der Waals surface area contributed by atoms with Gasteiger partial charge >= 0.3 is 0 Å². The highest BCUT2D eigenvalue weighted by Crippen LogP contribution is 2.51. The Morgan fingerprint density at radius 3 is 1.60 bits per heavy atom. The van der Waals surface area contributed by atoms with Crippen molar-refractivity contribution in [3.05, 3.63) is 200 Å². The fourth-order valence-electron chi connectivity index (χ4n) is 9.73. The molecule has 2 aromatic heterocycles. The number of furan rings is 1. The lowest BCUT2D eigenvalue weighted by atomic mass is 9.35. The van der Waals surface area contributed by atoms with Gasteiger partial charge in [-0.1, -0.05) is 139 Å². The van der Waals surface area contributed by atoms with Crippen molar-refractivity contribution in [1.29, 1.82) is 0 Å². The summed E-state index contributed by atoms with van der Waals surface area (Å²) in [6.07, 6.45) is 4.25. The molecule has 0 spiro atoms. The van der Waals surface area contributed by atoms with Gasteiger partial charge in [-0.15, -0.1) is 0 Å². The molecule has 0 radical (unpaired) electrons. The predicted octanol–water partition coefficient (Wildman–Crippen LogP) is 13.4. The van der Waals surface area contributed by atoms with Gasteiger partial charge in [0.2, 0.25) is 0 Å². The number of aromatic nitrogens is 1. The van der Waals surface area contributed by atoms with Crippen LogP contribution in [0.25, 0.3) is 16.6 Å². The van der Waals surface area contributed by atoms with Crippen molar-refractivity contribution in [2.75, 3.05) is 14.7 Å². The van der Waals surface area contributed by atoms with Crippen molar-refractivity contribution in [3.63, 3.8) is 0 Å². The Morgan fingerprint density at radius 2 is 1.03 bits per heavy atom. The number of nitrogens with zero attached hydrogens (tertiary/aromatic N) is 4. The third kappa shape index (κ3) is 6.00. The number of hydrogen-bond donors (Lipinski definition) is 0. The summed E-state index contributed by atoms with van der Waals surface area (Å²) in [6.45, 7) is 13.5. The zero-order valence-electron chi connectivity index (χ0n) is 36.2. The van der Waals surface area contributed by atoms with Crippen LogP contribution in [0.2, 0.25) is 0 Å². The molecule has 62 heavy (non-hydrogen) atoms. The van der Waals surface area contributed by atoms with Gasteiger partial charge in [-0.2, -0.15) is 0 Å². The maximum Gasteiger partial charge on any atom is 0.297 e. The highest BCUT2D eigenvalue weighted by molar-refractivity contribution is 7.00. The topological polar surface area (TPSA) is 27.8 Å². The summed E-state index contributed by atoms with van der Waals surface area (Å²) >= 11 is 0. The number of benzene rings is 7. The van der Waals surface area contributed by atoms with Gasteiger partial charge in [-0.25, -0.2) is 0 Å². The molecule has 2 aliphatic heterocycles. The van der Waals surface area contributed by atoms with Crippen molar-refractivity contribution in [1.82, 2.24) is 4.57 Å². The van der Waals surface area contributed by atoms with E-state index in [-0.39, 0.29) is 17.5 Å². The quantitative estimate of drug-likeness (QED) is 0.157. The zero-order chi connectivity index (χ0) is 42.3. The average molecular weight is 805 g/mol. The van der Waals surface area contributed by atoms with Crippen molar-refractivity contribution in [2.24, 2.45) is 0 Å². The fourth-order valence-corrected chi connectivity index (χ4v) is 9.73. The molecule has 9 aromatic rings. The van der Waals surface area contributed by atoms with Crippen LogP contribution >= 0.6 is 0 Å². The van der Waals surface area contributed by atoms with E-state index in [9.17, 15) is 0 Å². The summed E-state index contributed by atoms with van der Waals surface area (Å²) < 4.78 is 9.39. The van der Waals surface area contributed by atoms with Gasteiger partial charge in [0.1, 0.15) is 0 Å². The highest BCUT2D eigenvalue weighted by Gasteiger charge is 2.48. The largest absolute Gasteiger partial charge is 0.476 e. The van der Waals surface area contributed by atoms with Crippen LogP contribution in [0.3, 0.4) is 0 Å². The summed E-state index contributed by atoms with van der Waals surface area (Å²) in [7, 11) is 0. The number of fused-ring (bicyclic) bond motifs is 6. The third-order valence-electron chi connectivity index (χ3n) is 12.7. The van der Waals surface area contributed by atoms with Gasteiger partial charge < -0.3 is 23.7 Å². The Kier molecular flexibility index (Phi) is 8.66. The first kappa shape index (κ1) is 37.8. The van der Waals surface area contributed by atoms with Crippen LogP contribution in [0.4, 0.5) is 51.2 Å². The van der Waals surface area contributed by atoms with E-state index in [1.165, 1.54) is 27.4 Å². The molecule has 0 saturated heterocycles. The molecule has 11 rings (SSSR count). The van der Waals surface area contributed by atoms with E-state index in [0.717, 1.165) is 68.1 Å². The van der Waals surface area contributed by atoms with Crippen LogP contribution in [-0.4, -0.2) is 11.3 Å². The van der Waals surface area contributed by atoms with Crippen molar-refractivity contribution in [2.45, 2.75) is 52.4 Å². The minimum absolute atomic E-state index is 0.0104. The standard InChI is InChI=1S/C56H49BN4O/c1-55(2,3)39-28-30-44(31-29-39)60-48-35-45(59(41-21-13-8-14-22-41)42-23-15-9-16-24-42)36-49-50(48)57(54-52(60)46(37-62-54)56(4,5)6)47-32-27-38-33-34-58(40-19-11-7-12-20-40)51(38)53(47)61(49)43-25-17-10-18-26-43/h7-37H,1-6H3. The van der Waals surface area contributed by atoms with Crippen LogP contribution in [-0.2, 0) is 10.8 Å². The van der Waals surface area contributed by atoms with Crippen molar-refractivity contribution < 1.29 is 4.42 Å². The Labute approximate surface area is 365 Å². The number of anilines is 9. The van der Waals surface area contributed by atoms with E-state index in [4.69, 9.17) is 4.42 Å². The molecule has 302 valence electrons. The van der Waals surface area contributed by atoms with Crippen LogP contribution in [0, 0.1) is 0 Å². The van der Waals surface area contributed by atoms with Gasteiger partial charge in [0.25, 0.3) is 6.71 Å². The van der Waals surface area contributed by atoms with Crippen LogP contribution in [0.15, 0.2) is 193 Å². The number of hydrogen-bond acceptors (Lipinski definition) is 4. The second-order valence-electron chi connectivity index (χ2n) is 18.7. The first-order chi connectivity index (χ1) is 30.1. The summed E-state index contributed by atoms with van der Waals surface area (Å²) in [6, 6.07) is 64.0. The number of para-hydroxylation sites is 4. The highest BCUT2D eigenvalue weighted by atomic mass is 16.3. The maximum atomic E-state index is 7.04. The summed E-state index contributed by atoms with van der Waals surface area (Å²) in [5.74, 6) is 0. The minimum atomic E-state index is -0.210. The van der Waals surface area contributed by atoms with E-state index in [0.29, 0.717) is 0 Å². The van der Waals surface area contributed by atoms with Crippen LogP contribution in [0.5, 0.6) is 0 Å². The Bertz CT molecular complexity index is 3050. The first-order valence-electron chi connectivity index (χ1n) is 21.7. The monoisotopic (exact) mass is 804 g/mol. The average Bonchev–Trinajstić information content (AvgIpc) is 3.94. The van der Waals surface area contributed by atoms with E-state index < -0.39 is 0 Å². The lowest BCUT2D eigenvalue weighted by Crippen LogP contribution is -2.61. The SMILES string of the molecule is CC(C)(C)c1ccc(N2c3cc(N(c4ccccc4)c4ccccc4)cc4c3B(c3ccc5ccn(-c6ccccc6)c5c3N4c3ccccc3)c3occ(C(C)(C)C)c32)cc1. The van der Waals surface area contributed by atoms with Crippen LogP contribution < -0.4 is 31.3 Å². The molecule has 4 heterocycles. The van der Waals surface area contributed by atoms with Crippen molar-refractivity contribution >= 4 is 85.4 Å². The molecule has 0 unspecified atom stereocenters. The molecule has 0 amide bonds. The van der Waals surface area contributed by atoms with Crippen molar-refractivity contribution in [3.8, 4) is 5.69 Å². The molecule has 0 fully saturated rings. The molecule has 0 bridgehead atoms.